The van der Waals surface area contributed by atoms with Crippen LogP contribution in [0.1, 0.15) is 27.2 Å². The van der Waals surface area contributed by atoms with E-state index in [1.54, 1.807) is 4.90 Å². The lowest BCUT2D eigenvalue weighted by atomic mass is 10.2. The monoisotopic (exact) mass is 229 g/mol. The van der Waals surface area contributed by atoms with E-state index in [1.807, 2.05) is 20.8 Å². The Kier molecular flexibility index (Phi) is 2.84. The third kappa shape index (κ3) is 2.47. The molecule has 2 aliphatic heterocycles. The number of amides is 1. The zero-order chi connectivity index (χ0) is 11.9. The lowest BCUT2D eigenvalue weighted by Crippen LogP contribution is -2.48. The molecule has 0 unspecified atom stereocenters. The summed E-state index contributed by atoms with van der Waals surface area (Å²) in [6.07, 6.45) is -0.436. The van der Waals surface area contributed by atoms with E-state index >= 15 is 0 Å². The number of aliphatic hydroxyl groups is 1. The summed E-state index contributed by atoms with van der Waals surface area (Å²) in [5.74, 6) is 0. The predicted octanol–water partition coefficient (Wildman–Crippen LogP) is 0.755. The second-order valence-corrected chi connectivity index (χ2v) is 5.48. The minimum Gasteiger partial charge on any atom is -0.444 e. The summed E-state index contributed by atoms with van der Waals surface area (Å²) in [7, 11) is 0. The van der Waals surface area contributed by atoms with Crippen molar-refractivity contribution in [2.75, 3.05) is 13.1 Å². The van der Waals surface area contributed by atoms with Crippen LogP contribution in [0, 0.1) is 0 Å². The van der Waals surface area contributed by atoms with Crippen molar-refractivity contribution in [2.24, 2.45) is 0 Å². The average molecular weight is 229 g/mol. The molecule has 0 spiro atoms. The minimum absolute atomic E-state index is 0.0405. The van der Waals surface area contributed by atoms with Gasteiger partial charge in [0, 0.05) is 6.42 Å². The molecule has 2 heterocycles. The summed E-state index contributed by atoms with van der Waals surface area (Å²) >= 11 is 0. The van der Waals surface area contributed by atoms with Crippen LogP contribution in [-0.2, 0) is 9.47 Å². The Labute approximate surface area is 95.3 Å². The topological polar surface area (TPSA) is 59.0 Å². The summed E-state index contributed by atoms with van der Waals surface area (Å²) in [5, 5.41) is 9.63. The van der Waals surface area contributed by atoms with E-state index in [9.17, 15) is 9.90 Å². The number of hydrogen-bond donors (Lipinski definition) is 1. The zero-order valence-electron chi connectivity index (χ0n) is 9.97. The minimum atomic E-state index is -0.479. The molecule has 0 aromatic heterocycles. The first-order chi connectivity index (χ1) is 7.35. The number of nitrogens with zero attached hydrogens (tertiary/aromatic N) is 1. The molecule has 5 nitrogen and oxygen atoms in total. The van der Waals surface area contributed by atoms with Gasteiger partial charge in [0.25, 0.3) is 0 Å². The molecule has 16 heavy (non-hydrogen) atoms. The van der Waals surface area contributed by atoms with Crippen LogP contribution in [0.25, 0.3) is 0 Å². The maximum absolute atomic E-state index is 11.8. The maximum Gasteiger partial charge on any atom is 0.410 e. The molecule has 1 amide bonds. The Hall–Kier alpha value is -0.810. The Bertz CT molecular complexity index is 284. The van der Waals surface area contributed by atoms with Crippen LogP contribution >= 0.6 is 0 Å². The van der Waals surface area contributed by atoms with Crippen LogP contribution in [0.4, 0.5) is 4.79 Å². The van der Waals surface area contributed by atoms with Crippen molar-refractivity contribution in [1.82, 2.24) is 4.90 Å². The van der Waals surface area contributed by atoms with E-state index in [2.05, 4.69) is 0 Å². The van der Waals surface area contributed by atoms with Gasteiger partial charge in [-0.2, -0.15) is 0 Å². The summed E-state index contributed by atoms with van der Waals surface area (Å²) in [6.45, 7) is 6.47. The fourth-order valence-electron chi connectivity index (χ4n) is 2.11. The lowest BCUT2D eigenvalue weighted by Gasteiger charge is -2.33. The molecule has 2 saturated heterocycles. The van der Waals surface area contributed by atoms with E-state index in [4.69, 9.17) is 9.47 Å². The maximum atomic E-state index is 11.8. The van der Waals surface area contributed by atoms with Crippen LogP contribution in [0.5, 0.6) is 0 Å². The highest BCUT2D eigenvalue weighted by Crippen LogP contribution is 2.27. The molecule has 0 saturated carbocycles. The second kappa shape index (κ2) is 3.89. The fraction of sp³-hybridized carbons (Fsp3) is 0.909. The number of hydrogen-bond acceptors (Lipinski definition) is 4. The third-order valence-corrected chi connectivity index (χ3v) is 2.78. The number of morpholine rings is 1. The van der Waals surface area contributed by atoms with Gasteiger partial charge in [0.2, 0.25) is 0 Å². The molecule has 3 atom stereocenters. The van der Waals surface area contributed by atoms with Crippen molar-refractivity contribution >= 4 is 6.09 Å². The summed E-state index contributed by atoms with van der Waals surface area (Å²) in [6, 6.07) is 0. The first-order valence-corrected chi connectivity index (χ1v) is 5.66. The number of carbonyl (C=O) groups is 1. The Morgan fingerprint density at radius 1 is 1.44 bits per heavy atom. The second-order valence-electron chi connectivity index (χ2n) is 5.48. The molecule has 0 aliphatic carbocycles. The quantitative estimate of drug-likeness (QED) is 0.666. The number of likely N-dealkylation sites (tertiary alicyclic amines) is 1. The summed E-state index contributed by atoms with van der Waals surface area (Å²) < 4.78 is 10.8. The molecule has 0 radical (unpaired) electrons. The van der Waals surface area contributed by atoms with Crippen LogP contribution in [0.3, 0.4) is 0 Å². The molecule has 2 fully saturated rings. The Morgan fingerprint density at radius 3 is 2.69 bits per heavy atom. The van der Waals surface area contributed by atoms with E-state index in [0.717, 1.165) is 0 Å². The van der Waals surface area contributed by atoms with Gasteiger partial charge in [-0.3, -0.25) is 0 Å². The summed E-state index contributed by atoms with van der Waals surface area (Å²) in [5.41, 5.74) is -0.479. The molecule has 5 heteroatoms. The highest BCUT2D eigenvalue weighted by Gasteiger charge is 2.42. The van der Waals surface area contributed by atoms with E-state index in [-0.39, 0.29) is 18.3 Å². The molecule has 2 bridgehead atoms. The fourth-order valence-corrected chi connectivity index (χ4v) is 2.11. The van der Waals surface area contributed by atoms with Gasteiger partial charge in [0.1, 0.15) is 11.7 Å². The van der Waals surface area contributed by atoms with Crippen molar-refractivity contribution in [2.45, 2.75) is 51.1 Å². The van der Waals surface area contributed by atoms with Crippen LogP contribution < -0.4 is 0 Å². The Balaban J connectivity index is 1.94. The van der Waals surface area contributed by atoms with Gasteiger partial charge in [-0.05, 0) is 20.8 Å². The molecule has 0 aromatic rings. The highest BCUT2D eigenvalue weighted by atomic mass is 16.6. The van der Waals surface area contributed by atoms with Crippen LogP contribution in [0.2, 0.25) is 0 Å². The predicted molar refractivity (Wildman–Crippen MR) is 57.1 cm³/mol. The smallest absolute Gasteiger partial charge is 0.410 e. The van der Waals surface area contributed by atoms with Gasteiger partial charge >= 0.3 is 6.09 Å². The molecule has 1 N–H and O–H groups in total. The molecule has 2 rings (SSSR count). The van der Waals surface area contributed by atoms with E-state index in [0.29, 0.717) is 19.5 Å². The van der Waals surface area contributed by atoms with Crippen LogP contribution in [-0.4, -0.2) is 53.1 Å². The standard InChI is InChI=1S/C11H19NO4/c1-11(2,3)16-10(14)12-5-7-4-8(13)9(6-12)15-7/h7-9,13H,4-6H2,1-3H3/t7-,8+,9-/m0/s1. The average Bonchev–Trinajstić information content (AvgIpc) is 2.37. The zero-order valence-corrected chi connectivity index (χ0v) is 9.97. The van der Waals surface area contributed by atoms with Crippen molar-refractivity contribution in [1.29, 1.82) is 0 Å². The van der Waals surface area contributed by atoms with Gasteiger partial charge in [-0.1, -0.05) is 0 Å². The van der Waals surface area contributed by atoms with Crippen LogP contribution in [0.15, 0.2) is 0 Å². The number of aliphatic hydroxyl groups excluding tert-OH is 1. The Morgan fingerprint density at radius 2 is 2.12 bits per heavy atom. The number of carbonyl (C=O) groups excluding carboxylic acids is 1. The molecule has 2 aliphatic rings. The van der Waals surface area contributed by atoms with Crippen molar-refractivity contribution < 1.29 is 19.4 Å². The van der Waals surface area contributed by atoms with Gasteiger partial charge < -0.3 is 19.5 Å². The lowest BCUT2D eigenvalue weighted by molar-refractivity contribution is -0.0642. The van der Waals surface area contributed by atoms with E-state index in [1.165, 1.54) is 0 Å². The highest BCUT2D eigenvalue weighted by molar-refractivity contribution is 5.68. The van der Waals surface area contributed by atoms with E-state index < -0.39 is 11.7 Å². The molecule has 0 aromatic carbocycles. The number of ether oxygens (including phenoxy) is 2. The first-order valence-electron chi connectivity index (χ1n) is 5.66. The largest absolute Gasteiger partial charge is 0.444 e. The molecule has 92 valence electrons. The number of rotatable bonds is 0. The third-order valence-electron chi connectivity index (χ3n) is 2.78. The van der Waals surface area contributed by atoms with Crippen molar-refractivity contribution in [3.8, 4) is 0 Å². The van der Waals surface area contributed by atoms with Gasteiger partial charge in [-0.25, -0.2) is 4.79 Å². The molecular weight excluding hydrogens is 210 g/mol. The van der Waals surface area contributed by atoms with Gasteiger partial charge in [0.05, 0.1) is 25.3 Å². The number of fused-ring (bicyclic) bond motifs is 2. The van der Waals surface area contributed by atoms with Gasteiger partial charge in [-0.15, -0.1) is 0 Å². The molecular formula is C11H19NO4. The first kappa shape index (κ1) is 11.7. The SMILES string of the molecule is CC(C)(C)OC(=O)N1C[C@@H]2C[C@@H](O)[C@H](C1)O2. The van der Waals surface area contributed by atoms with Crippen molar-refractivity contribution in [3.05, 3.63) is 0 Å². The van der Waals surface area contributed by atoms with Gasteiger partial charge in [0.15, 0.2) is 0 Å². The van der Waals surface area contributed by atoms with Crippen molar-refractivity contribution in [3.63, 3.8) is 0 Å². The summed E-state index contributed by atoms with van der Waals surface area (Å²) in [4.78, 5) is 13.4. The normalized spacial score (nSPS) is 34.0.